The van der Waals surface area contributed by atoms with E-state index in [1.54, 1.807) is 0 Å². The number of unbranched alkanes of at least 4 members (excludes halogenated alkanes) is 25. The van der Waals surface area contributed by atoms with Crippen LogP contribution in [0.15, 0.2) is 0 Å². The summed E-state index contributed by atoms with van der Waals surface area (Å²) in [5, 5.41) is 0. The molecule has 0 saturated heterocycles. The molecule has 6 heteroatoms. The van der Waals surface area contributed by atoms with Gasteiger partial charge in [0, 0.05) is 19.3 Å². The van der Waals surface area contributed by atoms with Crippen LogP contribution in [0.25, 0.3) is 0 Å². The molecule has 0 aliphatic rings. The summed E-state index contributed by atoms with van der Waals surface area (Å²) in [5.74, 6) is 0.766. The van der Waals surface area contributed by atoms with Crippen molar-refractivity contribution in [2.24, 2.45) is 11.8 Å². The van der Waals surface area contributed by atoms with Gasteiger partial charge >= 0.3 is 17.9 Å². The van der Waals surface area contributed by atoms with Crippen LogP contribution in [0.5, 0.6) is 0 Å². The second-order valence-electron chi connectivity index (χ2n) is 16.8. The van der Waals surface area contributed by atoms with E-state index in [1.807, 2.05) is 0 Å². The third-order valence-electron chi connectivity index (χ3n) is 10.8. The molecular formula is C47H90O6. The van der Waals surface area contributed by atoms with Crippen molar-refractivity contribution in [1.82, 2.24) is 0 Å². The predicted octanol–water partition coefficient (Wildman–Crippen LogP) is 14.6. The molecule has 6 nitrogen and oxygen atoms in total. The first kappa shape index (κ1) is 51.4. The van der Waals surface area contributed by atoms with Crippen molar-refractivity contribution < 1.29 is 28.6 Å². The second-order valence-corrected chi connectivity index (χ2v) is 16.8. The normalized spacial score (nSPS) is 12.6. The fourth-order valence-electron chi connectivity index (χ4n) is 6.90. The highest BCUT2D eigenvalue weighted by atomic mass is 16.6. The lowest BCUT2D eigenvalue weighted by atomic mass is 9.99. The topological polar surface area (TPSA) is 78.9 Å². The fourth-order valence-corrected chi connectivity index (χ4v) is 6.90. The summed E-state index contributed by atoms with van der Waals surface area (Å²) < 4.78 is 16.7. The summed E-state index contributed by atoms with van der Waals surface area (Å²) in [6.45, 7) is 11.3. The van der Waals surface area contributed by atoms with Crippen molar-refractivity contribution in [1.29, 1.82) is 0 Å². The van der Waals surface area contributed by atoms with E-state index in [-0.39, 0.29) is 31.1 Å². The summed E-state index contributed by atoms with van der Waals surface area (Å²) >= 11 is 0. The average molecular weight is 751 g/mol. The van der Waals surface area contributed by atoms with E-state index in [0.717, 1.165) is 69.6 Å². The Kier molecular flexibility index (Phi) is 38.9. The molecule has 53 heavy (non-hydrogen) atoms. The third-order valence-corrected chi connectivity index (χ3v) is 10.8. The lowest BCUT2D eigenvalue weighted by Gasteiger charge is -2.18. The molecule has 0 rings (SSSR count). The molecule has 0 fully saturated rings. The largest absolute Gasteiger partial charge is 0.462 e. The van der Waals surface area contributed by atoms with Crippen molar-refractivity contribution in [3.8, 4) is 0 Å². The van der Waals surface area contributed by atoms with Gasteiger partial charge in [-0.2, -0.15) is 0 Å². The Morgan fingerprint density at radius 1 is 0.396 bits per heavy atom. The minimum Gasteiger partial charge on any atom is -0.462 e. The first-order valence-electron chi connectivity index (χ1n) is 23.3. The third kappa shape index (κ3) is 39.9. The van der Waals surface area contributed by atoms with Crippen LogP contribution in [0.3, 0.4) is 0 Å². The van der Waals surface area contributed by atoms with Gasteiger partial charge in [-0.15, -0.1) is 0 Å². The van der Waals surface area contributed by atoms with Crippen LogP contribution in [-0.4, -0.2) is 37.2 Å². The first-order chi connectivity index (χ1) is 25.8. The molecule has 0 amide bonds. The second kappa shape index (κ2) is 40.1. The molecule has 0 spiro atoms. The van der Waals surface area contributed by atoms with E-state index in [2.05, 4.69) is 34.6 Å². The molecule has 0 aromatic rings. The summed E-state index contributed by atoms with van der Waals surface area (Å²) in [5.41, 5.74) is 0. The Hall–Kier alpha value is -1.59. The number of hydrogen-bond acceptors (Lipinski definition) is 6. The molecule has 0 aromatic carbocycles. The number of ether oxygens (including phenoxy) is 3. The minimum absolute atomic E-state index is 0.0653. The number of carbonyl (C=O) groups excluding carboxylic acids is 3. The molecule has 0 aliphatic carbocycles. The first-order valence-corrected chi connectivity index (χ1v) is 23.3. The Balaban J connectivity index is 4.34. The number of esters is 3. The van der Waals surface area contributed by atoms with Gasteiger partial charge in [0.05, 0.1) is 0 Å². The van der Waals surface area contributed by atoms with Gasteiger partial charge < -0.3 is 14.2 Å². The fraction of sp³-hybridized carbons (Fsp3) is 0.936. The molecule has 1 unspecified atom stereocenters. The zero-order valence-electron chi connectivity index (χ0n) is 36.1. The van der Waals surface area contributed by atoms with Gasteiger partial charge in [0.2, 0.25) is 0 Å². The van der Waals surface area contributed by atoms with Gasteiger partial charge in [0.15, 0.2) is 6.10 Å². The molecule has 0 aliphatic heterocycles. The summed E-state index contributed by atoms with van der Waals surface area (Å²) in [6, 6.07) is 0. The maximum Gasteiger partial charge on any atom is 0.306 e. The van der Waals surface area contributed by atoms with Crippen molar-refractivity contribution in [3.05, 3.63) is 0 Å². The van der Waals surface area contributed by atoms with E-state index < -0.39 is 6.10 Å². The highest BCUT2D eigenvalue weighted by molar-refractivity contribution is 5.71. The molecule has 2 atom stereocenters. The van der Waals surface area contributed by atoms with Gasteiger partial charge in [0.1, 0.15) is 13.2 Å². The Bertz CT molecular complexity index is 811. The van der Waals surface area contributed by atoms with Crippen LogP contribution in [0.2, 0.25) is 0 Å². The maximum atomic E-state index is 12.7. The summed E-state index contributed by atoms with van der Waals surface area (Å²) in [6.07, 6.45) is 38.0. The van der Waals surface area contributed by atoms with E-state index in [0.29, 0.717) is 19.3 Å². The standard InChI is InChI=1S/C47H90O6/c1-6-8-9-10-11-12-13-14-15-16-22-27-32-37-45(48)51-40-44(41-52-46(49)38-33-28-24-19-20-25-30-35-42(3)4)53-47(50)39-34-29-23-18-17-21-26-31-36-43(5)7-2/h42-44H,6-41H2,1-5H3/t43?,44-/m0/s1. The zero-order chi connectivity index (χ0) is 39.0. The van der Waals surface area contributed by atoms with Gasteiger partial charge in [-0.3, -0.25) is 14.4 Å². The maximum absolute atomic E-state index is 12.7. The molecule has 0 radical (unpaired) electrons. The van der Waals surface area contributed by atoms with Crippen LogP contribution in [0.4, 0.5) is 0 Å². The van der Waals surface area contributed by atoms with Gasteiger partial charge in [-0.25, -0.2) is 0 Å². The molecular weight excluding hydrogens is 661 g/mol. The molecule has 0 heterocycles. The van der Waals surface area contributed by atoms with Crippen LogP contribution in [-0.2, 0) is 28.6 Å². The van der Waals surface area contributed by atoms with Crippen molar-refractivity contribution in [2.75, 3.05) is 13.2 Å². The SMILES string of the molecule is CCCCCCCCCCCCCCCC(=O)OC[C@@H](COC(=O)CCCCCCCCCC(C)C)OC(=O)CCCCCCCCCCC(C)CC. The van der Waals surface area contributed by atoms with Crippen molar-refractivity contribution >= 4 is 17.9 Å². The predicted molar refractivity (Wildman–Crippen MR) is 224 cm³/mol. The van der Waals surface area contributed by atoms with E-state index in [1.165, 1.54) is 141 Å². The van der Waals surface area contributed by atoms with Crippen molar-refractivity contribution in [3.63, 3.8) is 0 Å². The molecule has 0 N–H and O–H groups in total. The number of carbonyl (C=O) groups is 3. The van der Waals surface area contributed by atoms with Crippen LogP contribution < -0.4 is 0 Å². The van der Waals surface area contributed by atoms with E-state index in [4.69, 9.17) is 14.2 Å². The smallest absolute Gasteiger partial charge is 0.306 e. The minimum atomic E-state index is -0.761. The van der Waals surface area contributed by atoms with Gasteiger partial charge in [-0.05, 0) is 31.1 Å². The van der Waals surface area contributed by atoms with E-state index in [9.17, 15) is 14.4 Å². The highest BCUT2D eigenvalue weighted by Gasteiger charge is 2.19. The summed E-state index contributed by atoms with van der Waals surface area (Å²) in [7, 11) is 0. The quantitative estimate of drug-likeness (QED) is 0.0352. The van der Waals surface area contributed by atoms with Crippen LogP contribution in [0.1, 0.15) is 253 Å². The molecule has 0 saturated carbocycles. The Morgan fingerprint density at radius 2 is 0.717 bits per heavy atom. The van der Waals surface area contributed by atoms with Crippen molar-refractivity contribution in [2.45, 2.75) is 259 Å². The van der Waals surface area contributed by atoms with Gasteiger partial charge in [0.25, 0.3) is 0 Å². The Morgan fingerprint density at radius 3 is 1.08 bits per heavy atom. The number of hydrogen-bond donors (Lipinski definition) is 0. The number of rotatable bonds is 41. The Labute approximate surface area is 329 Å². The average Bonchev–Trinajstić information content (AvgIpc) is 3.14. The lowest BCUT2D eigenvalue weighted by molar-refractivity contribution is -0.167. The molecule has 0 aromatic heterocycles. The van der Waals surface area contributed by atoms with E-state index >= 15 is 0 Å². The lowest BCUT2D eigenvalue weighted by Crippen LogP contribution is -2.30. The zero-order valence-corrected chi connectivity index (χ0v) is 36.1. The molecule has 314 valence electrons. The summed E-state index contributed by atoms with van der Waals surface area (Å²) in [4.78, 5) is 37.7. The van der Waals surface area contributed by atoms with Crippen LogP contribution in [0, 0.1) is 11.8 Å². The van der Waals surface area contributed by atoms with Crippen LogP contribution >= 0.6 is 0 Å². The highest BCUT2D eigenvalue weighted by Crippen LogP contribution is 2.17. The molecule has 0 bridgehead atoms. The van der Waals surface area contributed by atoms with Gasteiger partial charge in [-0.1, -0.05) is 214 Å². The monoisotopic (exact) mass is 751 g/mol.